The average molecular weight is 1160 g/mol. The third kappa shape index (κ3) is 67.5. The average Bonchev–Trinajstić information content (AvgIpc) is 3.48. The topological polar surface area (TPSA) is 95.9 Å². The van der Waals surface area contributed by atoms with Crippen LogP contribution in [0.1, 0.15) is 425 Å². The molecule has 0 aromatic heterocycles. The summed E-state index contributed by atoms with van der Waals surface area (Å²) in [4.78, 5) is 24.6. The number of hydrogen-bond donors (Lipinski definition) is 3. The number of carbonyl (C=O) groups excluding carboxylic acids is 2. The van der Waals surface area contributed by atoms with E-state index in [2.05, 4.69) is 43.5 Å². The lowest BCUT2D eigenvalue weighted by atomic mass is 10.0. The fraction of sp³-hybridized carbons (Fsp3) is 0.921. The highest BCUT2D eigenvalue weighted by Crippen LogP contribution is 2.20. The third-order valence-electron chi connectivity index (χ3n) is 17.8. The van der Waals surface area contributed by atoms with Crippen LogP contribution in [0.15, 0.2) is 24.3 Å². The minimum atomic E-state index is -0.659. The van der Waals surface area contributed by atoms with Crippen LogP contribution in [0, 0.1) is 0 Å². The Bertz CT molecular complexity index is 1280. The predicted molar refractivity (Wildman–Crippen MR) is 361 cm³/mol. The molecule has 0 fully saturated rings. The van der Waals surface area contributed by atoms with Gasteiger partial charge >= 0.3 is 5.97 Å². The molecule has 0 saturated carbocycles. The molecule has 2 atom stereocenters. The smallest absolute Gasteiger partial charge is 0.305 e. The van der Waals surface area contributed by atoms with Crippen LogP contribution in [0.5, 0.6) is 0 Å². The Kier molecular flexibility index (Phi) is 70.4. The van der Waals surface area contributed by atoms with E-state index in [0.29, 0.717) is 25.9 Å². The molecule has 0 heterocycles. The maximum Gasteiger partial charge on any atom is 0.305 e. The van der Waals surface area contributed by atoms with Crippen LogP contribution in [0.25, 0.3) is 0 Å². The van der Waals surface area contributed by atoms with Gasteiger partial charge in [-0.15, -0.1) is 0 Å². The van der Waals surface area contributed by atoms with Gasteiger partial charge in [-0.1, -0.05) is 378 Å². The first-order valence-electron chi connectivity index (χ1n) is 37.6. The summed E-state index contributed by atoms with van der Waals surface area (Å²) in [6.07, 6.45) is 91.2. The minimum absolute atomic E-state index is 0.0159. The van der Waals surface area contributed by atoms with Gasteiger partial charge in [-0.2, -0.15) is 0 Å². The van der Waals surface area contributed by atoms with Crippen LogP contribution in [0.3, 0.4) is 0 Å². The van der Waals surface area contributed by atoms with E-state index in [-0.39, 0.29) is 18.5 Å². The van der Waals surface area contributed by atoms with Crippen molar-refractivity contribution in [1.82, 2.24) is 5.32 Å². The molecule has 82 heavy (non-hydrogen) atoms. The van der Waals surface area contributed by atoms with Crippen molar-refractivity contribution in [2.75, 3.05) is 13.2 Å². The maximum atomic E-state index is 12.5. The van der Waals surface area contributed by atoms with Gasteiger partial charge in [0.15, 0.2) is 0 Å². The molecule has 0 aliphatic rings. The maximum absolute atomic E-state index is 12.5. The van der Waals surface area contributed by atoms with Gasteiger partial charge in [-0.05, 0) is 57.8 Å². The Balaban J connectivity index is 3.28. The fourth-order valence-corrected chi connectivity index (χ4v) is 12.0. The van der Waals surface area contributed by atoms with Crippen LogP contribution in [0.2, 0.25) is 0 Å². The molecule has 0 bridgehead atoms. The SMILES string of the molecule is CCCCCC/C=C\C/C=C\CCCCCCCCCC(=O)OCCCCCCCCCCCCCCCCCCCCCCCCCCCCCCCCCCCCCC(=O)NC(CO)C(O)CCCCCCCCCCCCCC. The zero-order valence-electron chi connectivity index (χ0n) is 55.8. The Labute approximate surface area is 513 Å². The largest absolute Gasteiger partial charge is 0.466 e. The molecular formula is C76H147NO5. The van der Waals surface area contributed by atoms with Crippen molar-refractivity contribution in [3.63, 3.8) is 0 Å². The predicted octanol–water partition coefficient (Wildman–Crippen LogP) is 24.5. The Hall–Kier alpha value is -1.66. The van der Waals surface area contributed by atoms with Crippen molar-refractivity contribution in [2.45, 2.75) is 437 Å². The van der Waals surface area contributed by atoms with Gasteiger partial charge in [0.25, 0.3) is 0 Å². The van der Waals surface area contributed by atoms with Crippen molar-refractivity contribution in [3.05, 3.63) is 24.3 Å². The van der Waals surface area contributed by atoms with E-state index in [1.807, 2.05) is 0 Å². The lowest BCUT2D eigenvalue weighted by Crippen LogP contribution is -2.45. The van der Waals surface area contributed by atoms with E-state index in [4.69, 9.17) is 4.74 Å². The van der Waals surface area contributed by atoms with Gasteiger partial charge in [0.05, 0.1) is 25.4 Å². The summed E-state index contributed by atoms with van der Waals surface area (Å²) in [5.41, 5.74) is 0. The zero-order chi connectivity index (χ0) is 59.2. The van der Waals surface area contributed by atoms with Crippen LogP contribution in [-0.4, -0.2) is 47.4 Å². The van der Waals surface area contributed by atoms with Crippen molar-refractivity contribution in [1.29, 1.82) is 0 Å². The number of rotatable bonds is 71. The Morgan fingerprint density at radius 3 is 0.939 bits per heavy atom. The molecule has 486 valence electrons. The second-order valence-electron chi connectivity index (χ2n) is 26.0. The quantitative estimate of drug-likeness (QED) is 0.0320. The second kappa shape index (κ2) is 71.8. The molecule has 0 radical (unpaired) electrons. The first kappa shape index (κ1) is 80.3. The molecule has 2 unspecified atom stereocenters. The number of aliphatic hydroxyl groups is 2. The van der Waals surface area contributed by atoms with Gasteiger partial charge in [0, 0.05) is 12.8 Å². The summed E-state index contributed by atoms with van der Waals surface area (Å²) in [5, 5.41) is 23.3. The molecule has 6 heteroatoms. The molecule has 0 spiro atoms. The zero-order valence-corrected chi connectivity index (χ0v) is 55.8. The van der Waals surface area contributed by atoms with Crippen LogP contribution in [-0.2, 0) is 14.3 Å². The molecule has 0 saturated heterocycles. The molecule has 6 nitrogen and oxygen atoms in total. The monoisotopic (exact) mass is 1150 g/mol. The molecule has 0 aliphatic heterocycles. The minimum Gasteiger partial charge on any atom is -0.466 e. The number of unbranched alkanes of at least 4 members (excludes halogenated alkanes) is 56. The van der Waals surface area contributed by atoms with E-state index < -0.39 is 12.1 Å². The molecule has 0 aromatic rings. The number of hydrogen-bond acceptors (Lipinski definition) is 5. The normalized spacial score (nSPS) is 12.6. The van der Waals surface area contributed by atoms with E-state index in [1.165, 1.54) is 340 Å². The number of ether oxygens (including phenoxy) is 1. The Morgan fingerprint density at radius 1 is 0.341 bits per heavy atom. The number of amides is 1. The number of aliphatic hydroxyl groups excluding tert-OH is 2. The van der Waals surface area contributed by atoms with Crippen molar-refractivity contribution < 1.29 is 24.5 Å². The number of nitrogens with one attached hydrogen (secondary N) is 1. The summed E-state index contributed by atoms with van der Waals surface area (Å²) in [7, 11) is 0. The van der Waals surface area contributed by atoms with Gasteiger partial charge in [-0.3, -0.25) is 9.59 Å². The van der Waals surface area contributed by atoms with E-state index in [9.17, 15) is 19.8 Å². The second-order valence-corrected chi connectivity index (χ2v) is 26.0. The summed E-state index contributed by atoms with van der Waals surface area (Å²) in [5.74, 6) is -0.0119. The van der Waals surface area contributed by atoms with Gasteiger partial charge in [0.2, 0.25) is 5.91 Å². The first-order chi connectivity index (χ1) is 40.5. The molecule has 0 rings (SSSR count). The van der Waals surface area contributed by atoms with Gasteiger partial charge in [0.1, 0.15) is 0 Å². The Morgan fingerprint density at radius 2 is 0.610 bits per heavy atom. The van der Waals surface area contributed by atoms with Crippen molar-refractivity contribution in [3.8, 4) is 0 Å². The van der Waals surface area contributed by atoms with Gasteiger partial charge < -0.3 is 20.3 Å². The van der Waals surface area contributed by atoms with Crippen molar-refractivity contribution in [2.24, 2.45) is 0 Å². The van der Waals surface area contributed by atoms with E-state index in [1.54, 1.807) is 0 Å². The molecular weight excluding hydrogens is 1010 g/mol. The number of allylic oxidation sites excluding steroid dienone is 4. The molecule has 0 aromatic carbocycles. The summed E-state index contributed by atoms with van der Waals surface area (Å²) in [6.45, 7) is 4.97. The van der Waals surface area contributed by atoms with Crippen molar-refractivity contribution >= 4 is 11.9 Å². The summed E-state index contributed by atoms with van der Waals surface area (Å²) in [6, 6.07) is -0.536. The standard InChI is InChI=1S/C76H147NO5/c1-3-5-7-9-11-13-15-17-18-19-40-43-46-50-54-58-62-66-70-76(81)82-71-67-63-59-55-51-47-44-41-38-36-34-32-30-28-26-24-22-20-21-23-25-27-29-31-33-35-37-39-42-45-49-53-57-61-65-69-75(80)77-73(72-78)74(79)68-64-60-56-52-48-16-14-12-10-8-6-4-2/h13,15,18-19,73-74,78-79H,3-12,14,16-17,20-72H2,1-2H3,(H,77,80)/b15-13-,19-18-. The van der Waals surface area contributed by atoms with E-state index >= 15 is 0 Å². The summed E-state index contributed by atoms with van der Waals surface area (Å²) >= 11 is 0. The lowest BCUT2D eigenvalue weighted by molar-refractivity contribution is -0.143. The third-order valence-corrected chi connectivity index (χ3v) is 17.8. The van der Waals surface area contributed by atoms with Crippen LogP contribution < -0.4 is 5.32 Å². The molecule has 3 N–H and O–H groups in total. The molecule has 0 aliphatic carbocycles. The fourth-order valence-electron chi connectivity index (χ4n) is 12.0. The highest BCUT2D eigenvalue weighted by molar-refractivity contribution is 5.76. The lowest BCUT2D eigenvalue weighted by Gasteiger charge is -2.22. The summed E-state index contributed by atoms with van der Waals surface area (Å²) < 4.78 is 5.51. The van der Waals surface area contributed by atoms with Crippen LogP contribution >= 0.6 is 0 Å². The van der Waals surface area contributed by atoms with E-state index in [0.717, 1.165) is 51.4 Å². The highest BCUT2D eigenvalue weighted by atomic mass is 16.5. The highest BCUT2D eigenvalue weighted by Gasteiger charge is 2.20. The van der Waals surface area contributed by atoms with Gasteiger partial charge in [-0.25, -0.2) is 0 Å². The number of esters is 1. The molecule has 1 amide bonds. The van der Waals surface area contributed by atoms with Crippen LogP contribution in [0.4, 0.5) is 0 Å². The number of carbonyl (C=O) groups is 2. The first-order valence-corrected chi connectivity index (χ1v) is 37.6.